The Kier molecular flexibility index (Phi) is 6.96. The van der Waals surface area contributed by atoms with Gasteiger partial charge in [0.05, 0.1) is 18.9 Å². The Bertz CT molecular complexity index is 629. The van der Waals surface area contributed by atoms with Crippen LogP contribution in [0.25, 0.3) is 0 Å². The first-order chi connectivity index (χ1) is 13.1. The maximum Gasteiger partial charge on any atom is 0.265 e. The molecule has 0 radical (unpaired) electrons. The molecular weight excluding hydrogens is 344 g/mol. The highest BCUT2D eigenvalue weighted by atomic mass is 16.5. The number of likely N-dealkylation sites (tertiary alicyclic amines) is 1. The SMILES string of the molecule is CCCOC1CCN(CC(C)CN2C(=O)COc3ccc(OC)cc32)CC1. The first-order valence-corrected chi connectivity index (χ1v) is 10.1. The van der Waals surface area contributed by atoms with Crippen LogP contribution in [-0.4, -0.2) is 63.4 Å². The van der Waals surface area contributed by atoms with Crippen molar-refractivity contribution in [2.45, 2.75) is 39.2 Å². The molecule has 1 aromatic rings. The van der Waals surface area contributed by atoms with Crippen LogP contribution in [0.1, 0.15) is 33.1 Å². The third-order valence-electron chi connectivity index (χ3n) is 5.27. The van der Waals surface area contributed by atoms with Gasteiger partial charge >= 0.3 is 0 Å². The predicted molar refractivity (Wildman–Crippen MR) is 106 cm³/mol. The topological polar surface area (TPSA) is 51.2 Å². The van der Waals surface area contributed by atoms with Gasteiger partial charge in [-0.3, -0.25) is 4.79 Å². The summed E-state index contributed by atoms with van der Waals surface area (Å²) in [5.41, 5.74) is 0.809. The van der Waals surface area contributed by atoms with E-state index >= 15 is 0 Å². The van der Waals surface area contributed by atoms with Crippen LogP contribution in [0.3, 0.4) is 0 Å². The summed E-state index contributed by atoms with van der Waals surface area (Å²) in [6, 6.07) is 5.62. The summed E-state index contributed by atoms with van der Waals surface area (Å²) in [4.78, 5) is 16.8. The molecule has 3 rings (SSSR count). The quantitative estimate of drug-likeness (QED) is 0.698. The summed E-state index contributed by atoms with van der Waals surface area (Å²) in [5, 5.41) is 0. The molecule has 0 aliphatic carbocycles. The summed E-state index contributed by atoms with van der Waals surface area (Å²) in [5.74, 6) is 1.86. The molecule has 0 saturated carbocycles. The highest BCUT2D eigenvalue weighted by molar-refractivity contribution is 5.98. The number of hydrogen-bond acceptors (Lipinski definition) is 5. The standard InChI is InChI=1S/C21H32N2O4/c1-4-11-26-17-7-9-22(10-8-17)13-16(2)14-23-19-12-18(25-3)5-6-20(19)27-15-21(23)24/h5-6,12,16-17H,4,7-11,13-15H2,1-3H3. The average molecular weight is 376 g/mol. The van der Waals surface area contributed by atoms with Gasteiger partial charge in [-0.05, 0) is 37.3 Å². The van der Waals surface area contributed by atoms with E-state index in [4.69, 9.17) is 14.2 Å². The second kappa shape index (κ2) is 9.42. The number of benzene rings is 1. The number of rotatable bonds is 8. The molecule has 1 saturated heterocycles. The Balaban J connectivity index is 1.55. The van der Waals surface area contributed by atoms with E-state index < -0.39 is 0 Å². The smallest absolute Gasteiger partial charge is 0.265 e. The van der Waals surface area contributed by atoms with Gasteiger partial charge in [0.1, 0.15) is 11.5 Å². The van der Waals surface area contributed by atoms with Gasteiger partial charge in [-0.15, -0.1) is 0 Å². The molecule has 0 spiro atoms. The molecule has 2 aliphatic rings. The van der Waals surface area contributed by atoms with E-state index in [0.29, 0.717) is 18.6 Å². The summed E-state index contributed by atoms with van der Waals surface area (Å²) in [6.07, 6.45) is 3.69. The molecule has 1 unspecified atom stereocenters. The molecule has 1 atom stereocenters. The van der Waals surface area contributed by atoms with Gasteiger partial charge in [-0.2, -0.15) is 0 Å². The van der Waals surface area contributed by atoms with Gasteiger partial charge in [0.25, 0.3) is 5.91 Å². The summed E-state index contributed by atoms with van der Waals surface area (Å²) in [7, 11) is 1.63. The zero-order valence-corrected chi connectivity index (χ0v) is 16.8. The van der Waals surface area contributed by atoms with E-state index in [-0.39, 0.29) is 12.5 Å². The normalized spacial score (nSPS) is 19.5. The van der Waals surface area contributed by atoms with Gasteiger partial charge in [0, 0.05) is 38.9 Å². The highest BCUT2D eigenvalue weighted by Crippen LogP contribution is 2.35. The van der Waals surface area contributed by atoms with Gasteiger partial charge in [0.2, 0.25) is 0 Å². The average Bonchev–Trinajstić information content (AvgIpc) is 2.69. The molecule has 1 amide bonds. The monoisotopic (exact) mass is 376 g/mol. The number of carbonyl (C=O) groups is 1. The molecule has 0 aromatic heterocycles. The Morgan fingerprint density at radius 3 is 2.74 bits per heavy atom. The van der Waals surface area contributed by atoms with Crippen LogP contribution < -0.4 is 14.4 Å². The second-order valence-electron chi connectivity index (χ2n) is 7.60. The van der Waals surface area contributed by atoms with Gasteiger partial charge in [-0.25, -0.2) is 0 Å². The minimum Gasteiger partial charge on any atom is -0.497 e. The fraction of sp³-hybridized carbons (Fsp3) is 0.667. The van der Waals surface area contributed by atoms with Crippen molar-refractivity contribution in [3.8, 4) is 11.5 Å². The van der Waals surface area contributed by atoms with E-state index in [0.717, 1.165) is 62.7 Å². The van der Waals surface area contributed by atoms with E-state index in [2.05, 4.69) is 18.7 Å². The number of methoxy groups -OCH3 is 1. The Labute approximate surface area is 162 Å². The van der Waals surface area contributed by atoms with E-state index in [1.165, 1.54) is 0 Å². The Hall–Kier alpha value is -1.79. The summed E-state index contributed by atoms with van der Waals surface area (Å²) >= 11 is 0. The van der Waals surface area contributed by atoms with Crippen molar-refractivity contribution in [1.29, 1.82) is 0 Å². The lowest BCUT2D eigenvalue weighted by Gasteiger charge is -2.36. The molecule has 150 valence electrons. The molecule has 6 heteroatoms. The predicted octanol–water partition coefficient (Wildman–Crippen LogP) is 2.95. The number of fused-ring (bicyclic) bond motifs is 1. The third kappa shape index (κ3) is 5.14. The van der Waals surface area contributed by atoms with Crippen LogP contribution in [0.2, 0.25) is 0 Å². The zero-order chi connectivity index (χ0) is 19.2. The number of anilines is 1. The molecular formula is C21H32N2O4. The van der Waals surface area contributed by atoms with Crippen LogP contribution in [0.5, 0.6) is 11.5 Å². The molecule has 2 heterocycles. The lowest BCUT2D eigenvalue weighted by atomic mass is 10.0. The van der Waals surface area contributed by atoms with E-state index in [1.54, 1.807) is 7.11 Å². The number of piperidine rings is 1. The van der Waals surface area contributed by atoms with Crippen molar-refractivity contribution in [3.63, 3.8) is 0 Å². The zero-order valence-electron chi connectivity index (χ0n) is 16.8. The number of amides is 1. The number of hydrogen-bond donors (Lipinski definition) is 0. The van der Waals surface area contributed by atoms with Crippen molar-refractivity contribution in [2.75, 3.05) is 51.4 Å². The first-order valence-electron chi connectivity index (χ1n) is 10.1. The molecule has 6 nitrogen and oxygen atoms in total. The Morgan fingerprint density at radius 1 is 1.26 bits per heavy atom. The third-order valence-corrected chi connectivity index (χ3v) is 5.27. The fourth-order valence-electron chi connectivity index (χ4n) is 3.86. The highest BCUT2D eigenvalue weighted by Gasteiger charge is 2.28. The van der Waals surface area contributed by atoms with Crippen molar-refractivity contribution in [2.24, 2.45) is 5.92 Å². The van der Waals surface area contributed by atoms with E-state index in [9.17, 15) is 4.79 Å². The van der Waals surface area contributed by atoms with Crippen molar-refractivity contribution >= 4 is 11.6 Å². The van der Waals surface area contributed by atoms with Gasteiger partial charge < -0.3 is 24.0 Å². The summed E-state index contributed by atoms with van der Waals surface area (Å²) < 4.78 is 16.8. The second-order valence-corrected chi connectivity index (χ2v) is 7.60. The minimum atomic E-state index is 0.00859. The lowest BCUT2D eigenvalue weighted by Crippen LogP contribution is -2.45. The van der Waals surface area contributed by atoms with Crippen LogP contribution in [-0.2, 0) is 9.53 Å². The molecule has 2 aliphatic heterocycles. The van der Waals surface area contributed by atoms with Crippen LogP contribution in [0.15, 0.2) is 18.2 Å². The number of ether oxygens (including phenoxy) is 3. The molecule has 1 aromatic carbocycles. The van der Waals surface area contributed by atoms with E-state index in [1.807, 2.05) is 23.1 Å². The fourth-order valence-corrected chi connectivity index (χ4v) is 3.86. The van der Waals surface area contributed by atoms with Crippen molar-refractivity contribution in [3.05, 3.63) is 18.2 Å². The Morgan fingerprint density at radius 2 is 2.04 bits per heavy atom. The van der Waals surface area contributed by atoms with Crippen LogP contribution >= 0.6 is 0 Å². The molecule has 27 heavy (non-hydrogen) atoms. The molecule has 1 fully saturated rings. The molecule has 0 N–H and O–H groups in total. The van der Waals surface area contributed by atoms with Gasteiger partial charge in [-0.1, -0.05) is 13.8 Å². The maximum atomic E-state index is 12.5. The molecule has 0 bridgehead atoms. The van der Waals surface area contributed by atoms with Crippen molar-refractivity contribution < 1.29 is 19.0 Å². The van der Waals surface area contributed by atoms with Crippen LogP contribution in [0.4, 0.5) is 5.69 Å². The largest absolute Gasteiger partial charge is 0.497 e. The number of carbonyl (C=O) groups excluding carboxylic acids is 1. The van der Waals surface area contributed by atoms with Gasteiger partial charge in [0.15, 0.2) is 6.61 Å². The lowest BCUT2D eigenvalue weighted by molar-refractivity contribution is -0.121. The maximum absolute atomic E-state index is 12.5. The van der Waals surface area contributed by atoms with Crippen molar-refractivity contribution in [1.82, 2.24) is 4.90 Å². The first kappa shape index (κ1) is 20.0. The minimum absolute atomic E-state index is 0.00859. The van der Waals surface area contributed by atoms with Crippen LogP contribution in [0, 0.1) is 5.92 Å². The number of nitrogens with zero attached hydrogens (tertiary/aromatic N) is 2. The summed E-state index contributed by atoms with van der Waals surface area (Å²) in [6.45, 7) is 9.15.